The number of amides is 1. The van der Waals surface area contributed by atoms with Gasteiger partial charge in [-0.1, -0.05) is 6.07 Å². The van der Waals surface area contributed by atoms with E-state index >= 15 is 0 Å². The van der Waals surface area contributed by atoms with Crippen molar-refractivity contribution in [2.75, 3.05) is 26.4 Å². The molecule has 2 heterocycles. The van der Waals surface area contributed by atoms with E-state index in [0.29, 0.717) is 13.2 Å². The number of carboxylic acids is 1. The van der Waals surface area contributed by atoms with Gasteiger partial charge in [-0.2, -0.15) is 0 Å². The van der Waals surface area contributed by atoms with Crippen LogP contribution in [0.2, 0.25) is 0 Å². The number of carboxylic acid groups (broad SMARTS) is 1. The first-order chi connectivity index (χ1) is 10.5. The lowest BCUT2D eigenvalue weighted by atomic mass is 9.95. The Morgan fingerprint density at radius 3 is 2.68 bits per heavy atom. The molecule has 0 radical (unpaired) electrons. The number of carbonyl (C=O) groups is 2. The van der Waals surface area contributed by atoms with Gasteiger partial charge in [0.1, 0.15) is 18.3 Å². The summed E-state index contributed by atoms with van der Waals surface area (Å²) >= 11 is 0. The minimum atomic E-state index is -1.03. The van der Waals surface area contributed by atoms with Gasteiger partial charge in [0, 0.05) is 12.1 Å². The maximum Gasteiger partial charge on any atom is 0.328 e. The molecule has 2 aliphatic heterocycles. The van der Waals surface area contributed by atoms with Crippen LogP contribution in [0.3, 0.4) is 0 Å². The largest absolute Gasteiger partial charge is 0.492 e. The molecular weight excluding hydrogens is 286 g/mol. The molecule has 1 saturated heterocycles. The molecule has 6 heteroatoms. The van der Waals surface area contributed by atoms with Crippen LogP contribution >= 0.6 is 0 Å². The van der Waals surface area contributed by atoms with Crippen molar-refractivity contribution in [3.8, 4) is 5.75 Å². The number of hydrogen-bond donors (Lipinski definition) is 1. The first-order valence-electron chi connectivity index (χ1n) is 7.34. The van der Waals surface area contributed by atoms with Crippen LogP contribution in [0.1, 0.15) is 22.6 Å². The molecule has 0 saturated carbocycles. The zero-order valence-electron chi connectivity index (χ0n) is 12.7. The van der Waals surface area contributed by atoms with Gasteiger partial charge in [-0.15, -0.1) is 0 Å². The zero-order chi connectivity index (χ0) is 15.9. The molecule has 118 valence electrons. The smallest absolute Gasteiger partial charge is 0.328 e. The maximum absolute atomic E-state index is 12.8. The molecule has 1 amide bonds. The molecule has 0 unspecified atom stereocenters. The number of rotatable bonds is 2. The predicted octanol–water partition coefficient (Wildman–Crippen LogP) is 1.09. The number of aliphatic carboxylic acids is 1. The van der Waals surface area contributed by atoms with E-state index in [4.69, 9.17) is 9.47 Å². The molecule has 2 atom stereocenters. The Balaban J connectivity index is 1.88. The highest BCUT2D eigenvalue weighted by Gasteiger charge is 2.39. The van der Waals surface area contributed by atoms with Gasteiger partial charge in [-0.25, -0.2) is 4.79 Å². The first-order valence-corrected chi connectivity index (χ1v) is 7.34. The standard InChI is InChI=1S/C16H19NO5/c1-9-5-11-12(7-22-14(11)6-10(9)2)15(18)17-3-4-21-8-13(17)16(19)20/h5-6,12-13H,3-4,7-8H2,1-2H3,(H,19,20)/t12-,13+/m0/s1. The van der Waals surface area contributed by atoms with Gasteiger partial charge in [0.25, 0.3) is 0 Å². The number of benzene rings is 1. The van der Waals surface area contributed by atoms with E-state index in [9.17, 15) is 14.7 Å². The third-order valence-electron chi connectivity index (χ3n) is 4.40. The monoisotopic (exact) mass is 305 g/mol. The number of fused-ring (bicyclic) bond motifs is 1. The molecule has 0 aliphatic carbocycles. The van der Waals surface area contributed by atoms with E-state index in [0.717, 1.165) is 22.4 Å². The fourth-order valence-electron chi connectivity index (χ4n) is 2.95. The number of carbonyl (C=O) groups excluding carboxylic acids is 1. The second-order valence-corrected chi connectivity index (χ2v) is 5.80. The van der Waals surface area contributed by atoms with Crippen LogP contribution in [0.25, 0.3) is 0 Å². The highest BCUT2D eigenvalue weighted by molar-refractivity contribution is 5.89. The van der Waals surface area contributed by atoms with E-state index < -0.39 is 17.9 Å². The number of morpholine rings is 1. The van der Waals surface area contributed by atoms with Gasteiger partial charge in [-0.3, -0.25) is 4.79 Å². The topological polar surface area (TPSA) is 76.1 Å². The van der Waals surface area contributed by atoms with Crippen molar-refractivity contribution in [2.45, 2.75) is 25.8 Å². The van der Waals surface area contributed by atoms with Crippen molar-refractivity contribution in [1.29, 1.82) is 0 Å². The summed E-state index contributed by atoms with van der Waals surface area (Å²) in [5.74, 6) is -0.944. The second-order valence-electron chi connectivity index (χ2n) is 5.80. The number of nitrogens with zero attached hydrogens (tertiary/aromatic N) is 1. The lowest BCUT2D eigenvalue weighted by molar-refractivity contribution is -0.159. The first kappa shape index (κ1) is 14.8. The molecule has 0 spiro atoms. The minimum absolute atomic E-state index is 0.0361. The summed E-state index contributed by atoms with van der Waals surface area (Å²) in [4.78, 5) is 25.5. The van der Waals surface area contributed by atoms with Gasteiger partial charge in [0.2, 0.25) is 5.91 Å². The van der Waals surface area contributed by atoms with Crippen molar-refractivity contribution in [3.05, 3.63) is 28.8 Å². The molecule has 3 rings (SSSR count). The average Bonchev–Trinajstić information content (AvgIpc) is 2.89. The van der Waals surface area contributed by atoms with Crippen molar-refractivity contribution in [2.24, 2.45) is 0 Å². The predicted molar refractivity (Wildman–Crippen MR) is 78.1 cm³/mol. The van der Waals surface area contributed by atoms with Crippen LogP contribution in [-0.2, 0) is 14.3 Å². The van der Waals surface area contributed by atoms with Gasteiger partial charge in [0.15, 0.2) is 6.04 Å². The lowest BCUT2D eigenvalue weighted by Crippen LogP contribution is -2.54. The molecule has 6 nitrogen and oxygen atoms in total. The summed E-state index contributed by atoms with van der Waals surface area (Å²) in [5.41, 5.74) is 3.06. The van der Waals surface area contributed by atoms with Crippen molar-refractivity contribution in [1.82, 2.24) is 4.90 Å². The van der Waals surface area contributed by atoms with Crippen LogP contribution in [0.15, 0.2) is 12.1 Å². The van der Waals surface area contributed by atoms with Crippen LogP contribution in [0, 0.1) is 13.8 Å². The summed E-state index contributed by atoms with van der Waals surface area (Å²) in [7, 11) is 0. The molecule has 1 fully saturated rings. The van der Waals surface area contributed by atoms with E-state index in [1.165, 1.54) is 4.90 Å². The van der Waals surface area contributed by atoms with Crippen LogP contribution in [0.4, 0.5) is 0 Å². The molecule has 2 aliphatic rings. The summed E-state index contributed by atoms with van der Waals surface area (Å²) < 4.78 is 10.8. The van der Waals surface area contributed by atoms with Crippen LogP contribution in [-0.4, -0.2) is 54.3 Å². The quantitative estimate of drug-likeness (QED) is 0.885. The normalized spacial score (nSPS) is 23.8. The Morgan fingerprint density at radius 1 is 1.23 bits per heavy atom. The number of aryl methyl sites for hydroxylation is 2. The van der Waals surface area contributed by atoms with E-state index in [2.05, 4.69) is 0 Å². The summed E-state index contributed by atoms with van der Waals surface area (Å²) in [5, 5.41) is 9.27. The molecule has 0 aromatic heterocycles. The number of ether oxygens (including phenoxy) is 2. The van der Waals surface area contributed by atoms with Gasteiger partial charge in [0.05, 0.1) is 13.2 Å². The molecular formula is C16H19NO5. The zero-order valence-corrected chi connectivity index (χ0v) is 12.7. The summed E-state index contributed by atoms with van der Waals surface area (Å²) in [6.45, 7) is 4.95. The molecule has 0 bridgehead atoms. The van der Waals surface area contributed by atoms with Crippen LogP contribution in [0.5, 0.6) is 5.75 Å². The second kappa shape index (κ2) is 5.61. The number of hydrogen-bond acceptors (Lipinski definition) is 4. The van der Waals surface area contributed by atoms with E-state index in [1.54, 1.807) is 0 Å². The molecule has 22 heavy (non-hydrogen) atoms. The Bertz CT molecular complexity index is 627. The molecule has 1 aromatic carbocycles. The maximum atomic E-state index is 12.8. The SMILES string of the molecule is Cc1cc2c(cc1C)[C@@H](C(=O)N1CCOC[C@@H]1C(=O)O)CO2. The Hall–Kier alpha value is -2.08. The molecule has 1 aromatic rings. The summed E-state index contributed by atoms with van der Waals surface area (Å²) in [6, 6.07) is 2.99. The van der Waals surface area contributed by atoms with Gasteiger partial charge < -0.3 is 19.5 Å². The third kappa shape index (κ3) is 2.43. The van der Waals surface area contributed by atoms with Crippen LogP contribution < -0.4 is 4.74 Å². The third-order valence-corrected chi connectivity index (χ3v) is 4.40. The van der Waals surface area contributed by atoms with E-state index in [1.807, 2.05) is 26.0 Å². The van der Waals surface area contributed by atoms with Crippen molar-refractivity contribution < 1.29 is 24.2 Å². The van der Waals surface area contributed by atoms with Gasteiger partial charge >= 0.3 is 5.97 Å². The minimum Gasteiger partial charge on any atom is -0.492 e. The lowest BCUT2D eigenvalue weighted by Gasteiger charge is -2.34. The summed E-state index contributed by atoms with van der Waals surface area (Å²) in [6.07, 6.45) is 0. The van der Waals surface area contributed by atoms with Crippen molar-refractivity contribution >= 4 is 11.9 Å². The van der Waals surface area contributed by atoms with Gasteiger partial charge in [-0.05, 0) is 31.0 Å². The average molecular weight is 305 g/mol. The Kier molecular flexibility index (Phi) is 3.78. The highest BCUT2D eigenvalue weighted by atomic mass is 16.5. The van der Waals surface area contributed by atoms with Crippen molar-refractivity contribution in [3.63, 3.8) is 0 Å². The fourth-order valence-corrected chi connectivity index (χ4v) is 2.95. The highest BCUT2D eigenvalue weighted by Crippen LogP contribution is 2.37. The Labute approximate surface area is 128 Å². The molecule has 1 N–H and O–H groups in total. The Morgan fingerprint density at radius 2 is 1.95 bits per heavy atom. The van der Waals surface area contributed by atoms with E-state index in [-0.39, 0.29) is 19.1 Å². The fraction of sp³-hybridized carbons (Fsp3) is 0.500.